The van der Waals surface area contributed by atoms with Gasteiger partial charge in [-0.1, -0.05) is 91.0 Å². The Balaban J connectivity index is 2.30. The van der Waals surface area contributed by atoms with Gasteiger partial charge in [0.05, 0.1) is 0 Å². The smallest absolute Gasteiger partial charge is 0.134 e. The van der Waals surface area contributed by atoms with Crippen molar-refractivity contribution >= 4 is 16.9 Å². The van der Waals surface area contributed by atoms with Crippen LogP contribution >= 0.6 is 0 Å². The van der Waals surface area contributed by atoms with Crippen molar-refractivity contribution in [2.45, 2.75) is 13.3 Å². The number of Topliss-reactive ketones (excluding diaryl/α,β-unsaturated/α-hetero) is 1. The lowest BCUT2D eigenvalue weighted by molar-refractivity contribution is -0.116. The average molecular weight is 312 g/mol. The molecule has 0 aliphatic carbocycles. The lowest BCUT2D eigenvalue weighted by Crippen LogP contribution is -2.00. The summed E-state index contributed by atoms with van der Waals surface area (Å²) in [5, 5.41) is 0. The van der Waals surface area contributed by atoms with Crippen molar-refractivity contribution in [2.24, 2.45) is 0 Å². The maximum Gasteiger partial charge on any atom is 0.134 e. The van der Waals surface area contributed by atoms with Gasteiger partial charge in [0.25, 0.3) is 0 Å². The minimum absolute atomic E-state index is 0.165. The predicted octanol–water partition coefficient (Wildman–Crippen LogP) is 5.62. The van der Waals surface area contributed by atoms with Crippen LogP contribution in [-0.4, -0.2) is 5.78 Å². The molecule has 0 aliphatic heterocycles. The van der Waals surface area contributed by atoms with Crippen LogP contribution in [0, 0.1) is 0 Å². The fourth-order valence-electron chi connectivity index (χ4n) is 2.95. The van der Waals surface area contributed by atoms with Gasteiger partial charge in [-0.15, -0.1) is 0 Å². The maximum atomic E-state index is 12.0. The number of ketones is 1. The highest BCUT2D eigenvalue weighted by atomic mass is 16.1. The van der Waals surface area contributed by atoms with E-state index in [1.54, 1.807) is 6.92 Å². The summed E-state index contributed by atoms with van der Waals surface area (Å²) >= 11 is 0. The number of benzene rings is 3. The van der Waals surface area contributed by atoms with Crippen LogP contribution < -0.4 is 0 Å². The highest BCUT2D eigenvalue weighted by Crippen LogP contribution is 2.34. The summed E-state index contributed by atoms with van der Waals surface area (Å²) in [6.07, 6.45) is 0.420. The molecule has 0 atom stereocenters. The molecule has 0 bridgehead atoms. The summed E-state index contributed by atoms with van der Waals surface area (Å²) < 4.78 is 0. The molecule has 0 amide bonds. The molecule has 0 aromatic heterocycles. The number of hydrogen-bond acceptors (Lipinski definition) is 1. The van der Waals surface area contributed by atoms with Gasteiger partial charge in [0.1, 0.15) is 5.78 Å². The third kappa shape index (κ3) is 3.69. The quantitative estimate of drug-likeness (QED) is 0.558. The first-order valence-corrected chi connectivity index (χ1v) is 8.14. The first-order chi connectivity index (χ1) is 11.8. The first-order valence-electron chi connectivity index (χ1n) is 8.14. The number of hydrogen-bond donors (Lipinski definition) is 0. The summed E-state index contributed by atoms with van der Waals surface area (Å²) in [6, 6.07) is 30.8. The minimum Gasteiger partial charge on any atom is -0.300 e. The molecule has 0 aliphatic rings. The molecule has 3 aromatic carbocycles. The zero-order valence-electron chi connectivity index (χ0n) is 13.8. The van der Waals surface area contributed by atoms with Gasteiger partial charge in [0, 0.05) is 6.42 Å². The Bertz CT molecular complexity index is 789. The molecule has 0 N–H and O–H groups in total. The van der Waals surface area contributed by atoms with Crippen molar-refractivity contribution in [1.82, 2.24) is 0 Å². The first kappa shape index (κ1) is 15.9. The lowest BCUT2D eigenvalue weighted by Gasteiger charge is -2.16. The van der Waals surface area contributed by atoms with Crippen LogP contribution in [-0.2, 0) is 4.79 Å². The van der Waals surface area contributed by atoms with E-state index in [9.17, 15) is 4.79 Å². The molecule has 3 rings (SSSR count). The molecule has 0 fully saturated rings. The van der Waals surface area contributed by atoms with Crippen molar-refractivity contribution in [2.75, 3.05) is 0 Å². The SMILES string of the molecule is CC(=O)CC(=C(c1ccccc1)c1ccccc1)c1ccccc1. The lowest BCUT2D eigenvalue weighted by atomic mass is 9.87. The molecular weight excluding hydrogens is 292 g/mol. The van der Waals surface area contributed by atoms with Gasteiger partial charge >= 0.3 is 0 Å². The summed E-state index contributed by atoms with van der Waals surface area (Å²) in [6.45, 7) is 1.65. The van der Waals surface area contributed by atoms with E-state index in [4.69, 9.17) is 0 Å². The number of allylic oxidation sites excluding steroid dienone is 1. The van der Waals surface area contributed by atoms with Crippen LogP contribution in [0.1, 0.15) is 30.0 Å². The zero-order valence-corrected chi connectivity index (χ0v) is 13.8. The molecular formula is C23H20O. The Kier molecular flexibility index (Phi) is 5.02. The molecule has 0 saturated heterocycles. The van der Waals surface area contributed by atoms with E-state index in [1.807, 2.05) is 54.6 Å². The van der Waals surface area contributed by atoms with Gasteiger partial charge in [-0.05, 0) is 34.8 Å². The van der Waals surface area contributed by atoms with Crippen LogP contribution in [0.3, 0.4) is 0 Å². The van der Waals surface area contributed by atoms with Crippen LogP contribution in [0.2, 0.25) is 0 Å². The highest BCUT2D eigenvalue weighted by Gasteiger charge is 2.15. The van der Waals surface area contributed by atoms with E-state index < -0.39 is 0 Å². The van der Waals surface area contributed by atoms with Crippen molar-refractivity contribution in [3.8, 4) is 0 Å². The van der Waals surface area contributed by atoms with Gasteiger partial charge in [-0.3, -0.25) is 4.79 Å². The van der Waals surface area contributed by atoms with Crippen LogP contribution in [0.25, 0.3) is 11.1 Å². The Morgan fingerprint density at radius 3 is 1.38 bits per heavy atom. The summed E-state index contributed by atoms with van der Waals surface area (Å²) in [5.41, 5.74) is 5.54. The number of carbonyl (C=O) groups is 1. The average Bonchev–Trinajstić information content (AvgIpc) is 2.63. The molecule has 0 saturated carbocycles. The second-order valence-electron chi connectivity index (χ2n) is 5.83. The van der Waals surface area contributed by atoms with Crippen molar-refractivity contribution in [3.05, 3.63) is 108 Å². The fourth-order valence-corrected chi connectivity index (χ4v) is 2.95. The molecule has 0 radical (unpaired) electrons. The van der Waals surface area contributed by atoms with E-state index in [-0.39, 0.29) is 5.78 Å². The number of rotatable bonds is 5. The molecule has 0 heterocycles. The van der Waals surface area contributed by atoms with Gasteiger partial charge < -0.3 is 0 Å². The molecule has 1 nitrogen and oxygen atoms in total. The van der Waals surface area contributed by atoms with E-state index in [0.29, 0.717) is 6.42 Å². The molecule has 1 heteroatoms. The third-order valence-corrected chi connectivity index (χ3v) is 3.97. The molecule has 118 valence electrons. The second kappa shape index (κ2) is 7.56. The predicted molar refractivity (Wildman–Crippen MR) is 101 cm³/mol. The van der Waals surface area contributed by atoms with Gasteiger partial charge in [-0.25, -0.2) is 0 Å². The maximum absolute atomic E-state index is 12.0. The molecule has 24 heavy (non-hydrogen) atoms. The Hall–Kier alpha value is -2.93. The highest BCUT2D eigenvalue weighted by molar-refractivity contribution is 6.04. The van der Waals surface area contributed by atoms with E-state index >= 15 is 0 Å². The van der Waals surface area contributed by atoms with E-state index in [2.05, 4.69) is 36.4 Å². The Morgan fingerprint density at radius 2 is 1.00 bits per heavy atom. The normalized spacial score (nSPS) is 10.2. The standard InChI is InChI=1S/C23H20O/c1-18(24)17-22(19-11-5-2-6-12-19)23(20-13-7-3-8-14-20)21-15-9-4-10-16-21/h2-16H,17H2,1H3. The summed E-state index contributed by atoms with van der Waals surface area (Å²) in [7, 11) is 0. The zero-order chi connectivity index (χ0) is 16.8. The van der Waals surface area contributed by atoms with Crippen molar-refractivity contribution in [1.29, 1.82) is 0 Å². The van der Waals surface area contributed by atoms with Crippen LogP contribution in [0.15, 0.2) is 91.0 Å². The van der Waals surface area contributed by atoms with Gasteiger partial charge in [0.15, 0.2) is 0 Å². The molecule has 0 unspecified atom stereocenters. The molecule has 0 spiro atoms. The van der Waals surface area contributed by atoms with Crippen LogP contribution in [0.4, 0.5) is 0 Å². The minimum atomic E-state index is 0.165. The van der Waals surface area contributed by atoms with E-state index in [0.717, 1.165) is 27.8 Å². The second-order valence-corrected chi connectivity index (χ2v) is 5.83. The van der Waals surface area contributed by atoms with Gasteiger partial charge in [-0.2, -0.15) is 0 Å². The Morgan fingerprint density at radius 1 is 0.625 bits per heavy atom. The largest absolute Gasteiger partial charge is 0.300 e. The van der Waals surface area contributed by atoms with Crippen LogP contribution in [0.5, 0.6) is 0 Å². The third-order valence-electron chi connectivity index (χ3n) is 3.97. The fraction of sp³-hybridized carbons (Fsp3) is 0.0870. The molecule has 3 aromatic rings. The topological polar surface area (TPSA) is 17.1 Å². The number of carbonyl (C=O) groups excluding carboxylic acids is 1. The monoisotopic (exact) mass is 312 g/mol. The van der Waals surface area contributed by atoms with E-state index in [1.165, 1.54) is 0 Å². The summed E-state index contributed by atoms with van der Waals surface area (Å²) in [5.74, 6) is 0.165. The summed E-state index contributed by atoms with van der Waals surface area (Å²) in [4.78, 5) is 12.0. The Labute approximate surface area is 143 Å². The van der Waals surface area contributed by atoms with Crippen molar-refractivity contribution < 1.29 is 4.79 Å². The van der Waals surface area contributed by atoms with Gasteiger partial charge in [0.2, 0.25) is 0 Å². The van der Waals surface area contributed by atoms with Crippen molar-refractivity contribution in [3.63, 3.8) is 0 Å².